The molecule has 0 unspecified atom stereocenters. The fourth-order valence-corrected chi connectivity index (χ4v) is 2.11. The molecule has 0 atom stereocenters. The summed E-state index contributed by atoms with van der Waals surface area (Å²) < 4.78 is 0. The Labute approximate surface area is 100 Å². The lowest BCUT2D eigenvalue weighted by Gasteiger charge is -2.10. The van der Waals surface area contributed by atoms with Crippen LogP contribution in [0, 0.1) is 13.8 Å². The van der Waals surface area contributed by atoms with Crippen LogP contribution < -0.4 is 0 Å². The summed E-state index contributed by atoms with van der Waals surface area (Å²) in [5, 5.41) is 0. The van der Waals surface area contributed by atoms with Gasteiger partial charge in [0.2, 0.25) is 0 Å². The Kier molecular flexibility index (Phi) is 5.31. The number of hydrogen-bond acceptors (Lipinski definition) is 0. The van der Waals surface area contributed by atoms with Gasteiger partial charge in [-0.3, -0.25) is 0 Å². The largest absolute Gasteiger partial charge is 0.0952 e. The van der Waals surface area contributed by atoms with Crippen LogP contribution in [0.15, 0.2) is 24.8 Å². The summed E-state index contributed by atoms with van der Waals surface area (Å²) in [5.74, 6) is 0. The van der Waals surface area contributed by atoms with Crippen molar-refractivity contribution in [1.82, 2.24) is 0 Å². The molecule has 0 saturated carbocycles. The third-order valence-electron chi connectivity index (χ3n) is 3.09. The predicted octanol–water partition coefficient (Wildman–Crippen LogP) is 5.29. The van der Waals surface area contributed by atoms with E-state index in [9.17, 15) is 0 Å². The molecule has 0 aliphatic carbocycles. The van der Waals surface area contributed by atoms with Gasteiger partial charge in [-0.05, 0) is 43.4 Å². The first-order valence-electron chi connectivity index (χ1n) is 6.40. The monoisotopic (exact) mass is 216 g/mol. The zero-order chi connectivity index (χ0) is 12.0. The molecule has 0 saturated heterocycles. The fraction of sp³-hybridized carbons (Fsp3) is 0.500. The third kappa shape index (κ3) is 3.84. The summed E-state index contributed by atoms with van der Waals surface area (Å²) in [7, 11) is 0. The standard InChI is InChI=1S/C16H24/c1-5-6-7-8-9-14(3)16-11-10-13(2)12-15(16)4/h10-12H,3,5-9H2,1-2,4H3. The molecule has 0 bridgehead atoms. The van der Waals surface area contributed by atoms with Crippen molar-refractivity contribution >= 4 is 5.57 Å². The average molecular weight is 216 g/mol. The van der Waals surface area contributed by atoms with Crippen molar-refractivity contribution < 1.29 is 0 Å². The molecule has 0 N–H and O–H groups in total. The van der Waals surface area contributed by atoms with E-state index in [1.54, 1.807) is 0 Å². The van der Waals surface area contributed by atoms with E-state index in [0.717, 1.165) is 6.42 Å². The van der Waals surface area contributed by atoms with Gasteiger partial charge in [-0.25, -0.2) is 0 Å². The highest BCUT2D eigenvalue weighted by molar-refractivity contribution is 5.66. The second kappa shape index (κ2) is 6.52. The molecule has 1 aromatic rings. The van der Waals surface area contributed by atoms with Gasteiger partial charge in [0.05, 0.1) is 0 Å². The number of rotatable bonds is 6. The van der Waals surface area contributed by atoms with Gasteiger partial charge >= 0.3 is 0 Å². The van der Waals surface area contributed by atoms with Crippen molar-refractivity contribution in [3.8, 4) is 0 Å². The van der Waals surface area contributed by atoms with Gasteiger partial charge in [0.15, 0.2) is 0 Å². The molecule has 0 aromatic heterocycles. The second-order valence-electron chi connectivity index (χ2n) is 4.73. The van der Waals surface area contributed by atoms with Crippen LogP contribution in [0.25, 0.3) is 5.57 Å². The fourth-order valence-electron chi connectivity index (χ4n) is 2.11. The van der Waals surface area contributed by atoms with Gasteiger partial charge < -0.3 is 0 Å². The van der Waals surface area contributed by atoms with Crippen LogP contribution in [0.3, 0.4) is 0 Å². The van der Waals surface area contributed by atoms with E-state index in [4.69, 9.17) is 0 Å². The Hall–Kier alpha value is -1.04. The number of allylic oxidation sites excluding steroid dienone is 1. The maximum atomic E-state index is 4.21. The summed E-state index contributed by atoms with van der Waals surface area (Å²) in [6, 6.07) is 6.64. The Balaban J connectivity index is 2.53. The van der Waals surface area contributed by atoms with Gasteiger partial charge in [0.25, 0.3) is 0 Å². The zero-order valence-electron chi connectivity index (χ0n) is 11.0. The van der Waals surface area contributed by atoms with Crippen LogP contribution in [0.4, 0.5) is 0 Å². The van der Waals surface area contributed by atoms with Crippen molar-refractivity contribution in [1.29, 1.82) is 0 Å². The molecular weight excluding hydrogens is 192 g/mol. The molecular formula is C16H24. The molecule has 1 rings (SSSR count). The van der Waals surface area contributed by atoms with Crippen LogP contribution in [0.2, 0.25) is 0 Å². The van der Waals surface area contributed by atoms with Crippen molar-refractivity contribution in [2.24, 2.45) is 0 Å². The van der Waals surface area contributed by atoms with E-state index in [1.165, 1.54) is 47.9 Å². The maximum absolute atomic E-state index is 4.21. The zero-order valence-corrected chi connectivity index (χ0v) is 11.0. The average Bonchev–Trinajstić information content (AvgIpc) is 2.24. The van der Waals surface area contributed by atoms with Crippen LogP contribution in [-0.2, 0) is 0 Å². The maximum Gasteiger partial charge on any atom is -0.0201 e. The van der Waals surface area contributed by atoms with E-state index in [1.807, 2.05) is 0 Å². The van der Waals surface area contributed by atoms with Crippen LogP contribution in [-0.4, -0.2) is 0 Å². The second-order valence-corrected chi connectivity index (χ2v) is 4.73. The van der Waals surface area contributed by atoms with Crippen molar-refractivity contribution in [2.75, 3.05) is 0 Å². The van der Waals surface area contributed by atoms with Crippen LogP contribution in [0.5, 0.6) is 0 Å². The van der Waals surface area contributed by atoms with Crippen molar-refractivity contribution in [3.63, 3.8) is 0 Å². The Morgan fingerprint density at radius 2 is 1.88 bits per heavy atom. The number of hydrogen-bond donors (Lipinski definition) is 0. The van der Waals surface area contributed by atoms with E-state index < -0.39 is 0 Å². The Bertz CT molecular complexity index is 347. The quantitative estimate of drug-likeness (QED) is 0.567. The van der Waals surface area contributed by atoms with Crippen molar-refractivity contribution in [3.05, 3.63) is 41.5 Å². The van der Waals surface area contributed by atoms with E-state index in [2.05, 4.69) is 45.5 Å². The molecule has 0 fully saturated rings. The molecule has 16 heavy (non-hydrogen) atoms. The Morgan fingerprint density at radius 3 is 2.50 bits per heavy atom. The first-order valence-corrected chi connectivity index (χ1v) is 6.40. The minimum absolute atomic E-state index is 1.14. The van der Waals surface area contributed by atoms with Gasteiger partial charge in [-0.1, -0.05) is 56.5 Å². The minimum atomic E-state index is 1.14. The third-order valence-corrected chi connectivity index (χ3v) is 3.09. The normalized spacial score (nSPS) is 10.4. The highest BCUT2D eigenvalue weighted by Crippen LogP contribution is 2.23. The molecule has 0 heterocycles. The highest BCUT2D eigenvalue weighted by Gasteiger charge is 2.02. The lowest BCUT2D eigenvalue weighted by molar-refractivity contribution is 0.679. The number of benzene rings is 1. The first-order chi connectivity index (χ1) is 7.65. The topological polar surface area (TPSA) is 0 Å². The summed E-state index contributed by atoms with van der Waals surface area (Å²) in [6.07, 6.45) is 6.40. The minimum Gasteiger partial charge on any atom is -0.0952 e. The van der Waals surface area contributed by atoms with Crippen molar-refractivity contribution in [2.45, 2.75) is 52.9 Å². The summed E-state index contributed by atoms with van der Waals surface area (Å²) in [6.45, 7) is 10.8. The smallest absolute Gasteiger partial charge is 0.0201 e. The van der Waals surface area contributed by atoms with Crippen LogP contribution in [0.1, 0.15) is 55.7 Å². The SMILES string of the molecule is C=C(CCCCCC)c1ccc(C)cc1C. The lowest BCUT2D eigenvalue weighted by Crippen LogP contribution is -1.89. The molecule has 1 aromatic carbocycles. The molecule has 0 nitrogen and oxygen atoms in total. The lowest BCUT2D eigenvalue weighted by atomic mass is 9.96. The van der Waals surface area contributed by atoms with Gasteiger partial charge in [0.1, 0.15) is 0 Å². The molecule has 0 radical (unpaired) electrons. The number of unbranched alkanes of at least 4 members (excludes halogenated alkanes) is 3. The molecule has 0 amide bonds. The molecule has 0 aliphatic rings. The summed E-state index contributed by atoms with van der Waals surface area (Å²) >= 11 is 0. The van der Waals surface area contributed by atoms with Gasteiger partial charge in [-0.15, -0.1) is 0 Å². The molecule has 0 spiro atoms. The van der Waals surface area contributed by atoms with Gasteiger partial charge in [0, 0.05) is 0 Å². The van der Waals surface area contributed by atoms with E-state index in [-0.39, 0.29) is 0 Å². The molecule has 0 aliphatic heterocycles. The highest BCUT2D eigenvalue weighted by atomic mass is 14.1. The molecule has 0 heteroatoms. The summed E-state index contributed by atoms with van der Waals surface area (Å²) in [5.41, 5.74) is 5.34. The predicted molar refractivity (Wildman–Crippen MR) is 73.7 cm³/mol. The first kappa shape index (κ1) is 13.0. The van der Waals surface area contributed by atoms with E-state index in [0.29, 0.717) is 0 Å². The molecule has 88 valence electrons. The summed E-state index contributed by atoms with van der Waals surface area (Å²) in [4.78, 5) is 0. The van der Waals surface area contributed by atoms with E-state index >= 15 is 0 Å². The number of aryl methyl sites for hydroxylation is 2. The van der Waals surface area contributed by atoms with Gasteiger partial charge in [-0.2, -0.15) is 0 Å². The van der Waals surface area contributed by atoms with Crippen LogP contribution >= 0.6 is 0 Å². The Morgan fingerprint density at radius 1 is 1.12 bits per heavy atom.